The van der Waals surface area contributed by atoms with E-state index in [0.29, 0.717) is 0 Å². The van der Waals surface area contributed by atoms with Crippen LogP contribution in [0.15, 0.2) is 67.3 Å². The molecule has 142 valence electrons. The molecule has 3 heterocycles. The van der Waals surface area contributed by atoms with Crippen molar-refractivity contribution in [2.45, 2.75) is 0 Å². The summed E-state index contributed by atoms with van der Waals surface area (Å²) in [6.45, 7) is 0. The molecule has 9 nitrogen and oxygen atoms in total. The largest absolute Gasteiger partial charge is 0.494 e. The van der Waals surface area contributed by atoms with Crippen LogP contribution in [0.4, 0.5) is 5.69 Å². The lowest BCUT2D eigenvalue weighted by molar-refractivity contribution is -0.384. The average molecular weight is 388 g/mol. The van der Waals surface area contributed by atoms with Crippen molar-refractivity contribution in [3.05, 3.63) is 94.1 Å². The second-order valence-electron chi connectivity index (χ2n) is 6.11. The fraction of sp³-hybridized carbons (Fsp3) is 0. The Morgan fingerprint density at radius 1 is 1.00 bits per heavy atom. The smallest absolute Gasteiger partial charge is 0.271 e. The first-order valence-corrected chi connectivity index (χ1v) is 8.40. The third-order valence-corrected chi connectivity index (χ3v) is 4.40. The van der Waals surface area contributed by atoms with Crippen molar-refractivity contribution in [2.75, 3.05) is 0 Å². The fourth-order valence-corrected chi connectivity index (χ4v) is 3.07. The number of non-ortho nitro benzene ring substituents is 1. The van der Waals surface area contributed by atoms with Gasteiger partial charge in [-0.2, -0.15) is 0 Å². The summed E-state index contributed by atoms with van der Waals surface area (Å²) in [6.07, 6.45) is 5.61. The standard InChI is InChI=1S/C20H12N4O5/c25-18(12-3-1-7-21-10-12)17-15-6-5-14(24(28)29)9-16(15)23(20(17)27)19(26)13-4-2-8-22-11-13/h1-11,27H. The number of rotatable bonds is 4. The van der Waals surface area contributed by atoms with E-state index in [1.165, 1.54) is 49.1 Å². The van der Waals surface area contributed by atoms with Crippen LogP contribution in [0.1, 0.15) is 26.3 Å². The molecular formula is C20H12N4O5. The quantitative estimate of drug-likeness (QED) is 0.323. The number of hydrogen-bond acceptors (Lipinski definition) is 7. The topological polar surface area (TPSA) is 128 Å². The Kier molecular flexibility index (Phi) is 4.32. The van der Waals surface area contributed by atoms with Crippen LogP contribution in [0.5, 0.6) is 5.88 Å². The van der Waals surface area contributed by atoms with Crippen LogP contribution < -0.4 is 0 Å². The van der Waals surface area contributed by atoms with Gasteiger partial charge in [0.25, 0.3) is 11.6 Å². The second-order valence-corrected chi connectivity index (χ2v) is 6.11. The number of ketones is 1. The second kappa shape index (κ2) is 6.97. The summed E-state index contributed by atoms with van der Waals surface area (Å²) in [5.74, 6) is -1.85. The number of aromatic hydroxyl groups is 1. The van der Waals surface area contributed by atoms with Crippen molar-refractivity contribution in [1.82, 2.24) is 14.5 Å². The zero-order chi connectivity index (χ0) is 20.5. The molecule has 0 saturated heterocycles. The molecule has 0 amide bonds. The maximum absolute atomic E-state index is 13.0. The molecule has 29 heavy (non-hydrogen) atoms. The molecule has 0 aliphatic rings. The van der Waals surface area contributed by atoms with Crippen LogP contribution in [0.25, 0.3) is 10.9 Å². The van der Waals surface area contributed by atoms with Gasteiger partial charge in [-0.3, -0.25) is 29.7 Å². The van der Waals surface area contributed by atoms with E-state index in [0.717, 1.165) is 10.6 Å². The van der Waals surface area contributed by atoms with E-state index < -0.39 is 22.5 Å². The molecule has 4 rings (SSSR count). The molecule has 0 spiro atoms. The molecule has 1 N–H and O–H groups in total. The fourth-order valence-electron chi connectivity index (χ4n) is 3.07. The van der Waals surface area contributed by atoms with Crippen molar-refractivity contribution in [3.8, 4) is 5.88 Å². The van der Waals surface area contributed by atoms with Crippen LogP contribution in [0, 0.1) is 10.1 Å². The molecule has 0 radical (unpaired) electrons. The zero-order valence-corrected chi connectivity index (χ0v) is 14.7. The van der Waals surface area contributed by atoms with Crippen LogP contribution in [0.3, 0.4) is 0 Å². The summed E-state index contributed by atoms with van der Waals surface area (Å²) in [4.78, 5) is 44.4. The van der Waals surface area contributed by atoms with Gasteiger partial charge in [-0.25, -0.2) is 4.57 Å². The van der Waals surface area contributed by atoms with Crippen LogP contribution >= 0.6 is 0 Å². The van der Waals surface area contributed by atoms with Crippen molar-refractivity contribution >= 4 is 28.3 Å². The van der Waals surface area contributed by atoms with Gasteiger partial charge >= 0.3 is 0 Å². The minimum absolute atomic E-state index is 0.0396. The molecular weight excluding hydrogens is 376 g/mol. The minimum atomic E-state index is -0.675. The third kappa shape index (κ3) is 3.00. The van der Waals surface area contributed by atoms with Crippen molar-refractivity contribution in [2.24, 2.45) is 0 Å². The number of carbonyl (C=O) groups excluding carboxylic acids is 2. The number of carbonyl (C=O) groups is 2. The normalized spacial score (nSPS) is 10.8. The molecule has 0 bridgehead atoms. The van der Waals surface area contributed by atoms with E-state index in [4.69, 9.17) is 0 Å². The highest BCUT2D eigenvalue weighted by Gasteiger charge is 2.28. The third-order valence-electron chi connectivity index (χ3n) is 4.40. The highest BCUT2D eigenvalue weighted by molar-refractivity contribution is 6.20. The van der Waals surface area contributed by atoms with Gasteiger partial charge < -0.3 is 5.11 Å². The molecule has 0 atom stereocenters. The first-order valence-electron chi connectivity index (χ1n) is 8.40. The van der Waals surface area contributed by atoms with E-state index in [-0.39, 0.29) is 33.3 Å². The van der Waals surface area contributed by atoms with E-state index in [2.05, 4.69) is 9.97 Å². The molecule has 9 heteroatoms. The SMILES string of the molecule is O=C(c1cccnc1)c1c(O)n(C(=O)c2cccnc2)c2cc([N+](=O)[O-])ccc12. The summed E-state index contributed by atoms with van der Waals surface area (Å²) in [5.41, 5.74) is -0.0332. The number of hydrogen-bond donors (Lipinski definition) is 1. The highest BCUT2D eigenvalue weighted by atomic mass is 16.6. The molecule has 1 aromatic carbocycles. The number of pyridine rings is 2. The van der Waals surface area contributed by atoms with Gasteiger partial charge in [0, 0.05) is 47.9 Å². The summed E-state index contributed by atoms with van der Waals surface area (Å²) in [5, 5.41) is 22.2. The Bertz CT molecular complexity index is 1270. The predicted molar refractivity (Wildman–Crippen MR) is 102 cm³/mol. The van der Waals surface area contributed by atoms with Gasteiger partial charge in [-0.1, -0.05) is 0 Å². The predicted octanol–water partition coefficient (Wildman–Crippen LogP) is 2.96. The number of nitro benzene ring substituents is 1. The van der Waals surface area contributed by atoms with Gasteiger partial charge in [-0.15, -0.1) is 0 Å². The number of fused-ring (bicyclic) bond motifs is 1. The average Bonchev–Trinajstić information content (AvgIpc) is 3.04. The molecule has 0 aliphatic heterocycles. The summed E-state index contributed by atoms with van der Waals surface area (Å²) in [7, 11) is 0. The van der Waals surface area contributed by atoms with Crippen LogP contribution in [-0.4, -0.2) is 36.3 Å². The lowest BCUT2D eigenvalue weighted by Crippen LogP contribution is -2.12. The molecule has 0 unspecified atom stereocenters. The van der Waals surface area contributed by atoms with E-state index in [1.807, 2.05) is 0 Å². The molecule has 0 saturated carbocycles. The monoisotopic (exact) mass is 388 g/mol. The van der Waals surface area contributed by atoms with E-state index in [1.54, 1.807) is 12.1 Å². The van der Waals surface area contributed by atoms with E-state index in [9.17, 15) is 24.8 Å². The highest BCUT2D eigenvalue weighted by Crippen LogP contribution is 2.35. The first-order chi connectivity index (χ1) is 14.0. The van der Waals surface area contributed by atoms with Crippen LogP contribution in [-0.2, 0) is 0 Å². The Morgan fingerprint density at radius 2 is 1.66 bits per heavy atom. The Labute approximate surface area is 163 Å². The van der Waals surface area contributed by atoms with Crippen molar-refractivity contribution in [1.29, 1.82) is 0 Å². The summed E-state index contributed by atoms with van der Waals surface area (Å²) >= 11 is 0. The zero-order valence-electron chi connectivity index (χ0n) is 14.7. The van der Waals surface area contributed by atoms with Crippen LogP contribution in [0.2, 0.25) is 0 Å². The Balaban J connectivity index is 2.00. The lowest BCUT2D eigenvalue weighted by Gasteiger charge is -2.05. The number of benzene rings is 1. The Morgan fingerprint density at radius 3 is 2.24 bits per heavy atom. The summed E-state index contributed by atoms with van der Waals surface area (Å²) < 4.78 is 0.878. The van der Waals surface area contributed by atoms with Gasteiger partial charge in [0.05, 0.1) is 21.6 Å². The summed E-state index contributed by atoms with van der Waals surface area (Å²) in [6, 6.07) is 9.80. The van der Waals surface area contributed by atoms with Gasteiger partial charge in [0.2, 0.25) is 11.7 Å². The number of aromatic nitrogens is 3. The van der Waals surface area contributed by atoms with Gasteiger partial charge in [0.1, 0.15) is 0 Å². The van der Waals surface area contributed by atoms with Crippen molar-refractivity contribution < 1.29 is 19.6 Å². The molecule has 3 aromatic heterocycles. The molecule has 0 fully saturated rings. The minimum Gasteiger partial charge on any atom is -0.494 e. The first kappa shape index (κ1) is 18.0. The maximum atomic E-state index is 13.0. The molecule has 0 aliphatic carbocycles. The maximum Gasteiger partial charge on any atom is 0.271 e. The van der Waals surface area contributed by atoms with Gasteiger partial charge in [0.15, 0.2) is 0 Å². The number of nitro groups is 1. The Hall–Kier alpha value is -4.40. The van der Waals surface area contributed by atoms with Crippen molar-refractivity contribution in [3.63, 3.8) is 0 Å². The van der Waals surface area contributed by atoms with E-state index >= 15 is 0 Å². The van der Waals surface area contributed by atoms with Gasteiger partial charge in [-0.05, 0) is 30.3 Å². The lowest BCUT2D eigenvalue weighted by atomic mass is 10.0. The molecule has 4 aromatic rings. The number of nitrogens with zero attached hydrogens (tertiary/aromatic N) is 4.